The van der Waals surface area contributed by atoms with Crippen molar-refractivity contribution in [3.8, 4) is 23.1 Å². The molecular weight excluding hydrogens is 384 g/mol. The predicted octanol–water partition coefficient (Wildman–Crippen LogP) is 0.331. The monoisotopic (exact) mass is 402 g/mol. The summed E-state index contributed by atoms with van der Waals surface area (Å²) in [6.45, 7) is 1.60. The Labute approximate surface area is 164 Å². The van der Waals surface area contributed by atoms with Gasteiger partial charge in [0.2, 0.25) is 17.4 Å². The SMILES string of the molecule is COc1ccc(/C=N/NC(=O)c2c(C)nnn2-c2nonc2N)c(OC)c1OC. The molecule has 0 atom stereocenters. The average Bonchev–Trinajstić information content (AvgIpc) is 3.32. The smallest absolute Gasteiger partial charge is 0.292 e. The first-order valence-electron chi connectivity index (χ1n) is 8.14. The first kappa shape index (κ1) is 19.6. The molecule has 2 heterocycles. The van der Waals surface area contributed by atoms with Gasteiger partial charge >= 0.3 is 0 Å². The molecule has 3 aromatic rings. The molecule has 0 aliphatic rings. The van der Waals surface area contributed by atoms with Crippen LogP contribution in [0.25, 0.3) is 5.82 Å². The second-order valence-corrected chi connectivity index (χ2v) is 5.53. The largest absolute Gasteiger partial charge is 0.493 e. The summed E-state index contributed by atoms with van der Waals surface area (Å²) in [7, 11) is 4.49. The first-order chi connectivity index (χ1) is 14.0. The van der Waals surface area contributed by atoms with Crippen molar-refractivity contribution in [3.63, 3.8) is 0 Å². The first-order valence-corrected chi connectivity index (χ1v) is 8.14. The van der Waals surface area contributed by atoms with E-state index in [2.05, 4.69) is 35.8 Å². The molecule has 0 aliphatic heterocycles. The standard InChI is InChI=1S/C16H18N8O5/c1-8-11(24(23-19-8)15-14(17)21-29-22-15)16(25)20-18-7-9-5-6-10(26-2)13(28-4)12(9)27-3/h5-7H,1-4H3,(H2,17,21)(H,20,25)/b18-7+. The minimum atomic E-state index is -0.592. The Balaban J connectivity index is 1.85. The predicted molar refractivity (Wildman–Crippen MR) is 99.5 cm³/mol. The van der Waals surface area contributed by atoms with E-state index in [1.54, 1.807) is 19.1 Å². The van der Waals surface area contributed by atoms with Crippen molar-refractivity contribution in [2.24, 2.45) is 5.10 Å². The minimum absolute atomic E-state index is 0.0393. The normalized spacial score (nSPS) is 10.9. The number of amides is 1. The Hall–Kier alpha value is -4.16. The number of rotatable bonds is 7. The van der Waals surface area contributed by atoms with E-state index in [1.807, 2.05) is 0 Å². The Morgan fingerprint density at radius 1 is 1.21 bits per heavy atom. The highest BCUT2D eigenvalue weighted by molar-refractivity contribution is 5.95. The van der Waals surface area contributed by atoms with Crippen LogP contribution in [0, 0.1) is 6.92 Å². The van der Waals surface area contributed by atoms with Crippen LogP contribution < -0.4 is 25.4 Å². The number of hydrazone groups is 1. The number of carbonyl (C=O) groups excluding carboxylic acids is 1. The fraction of sp³-hybridized carbons (Fsp3) is 0.250. The van der Waals surface area contributed by atoms with Gasteiger partial charge in [0.15, 0.2) is 17.2 Å². The van der Waals surface area contributed by atoms with Crippen LogP contribution in [0.2, 0.25) is 0 Å². The van der Waals surface area contributed by atoms with Crippen molar-refractivity contribution >= 4 is 17.9 Å². The number of anilines is 1. The average molecular weight is 402 g/mol. The van der Waals surface area contributed by atoms with E-state index in [0.29, 0.717) is 28.5 Å². The highest BCUT2D eigenvalue weighted by Gasteiger charge is 2.23. The summed E-state index contributed by atoms with van der Waals surface area (Å²) in [4.78, 5) is 12.6. The molecule has 0 spiro atoms. The molecule has 3 rings (SSSR count). The minimum Gasteiger partial charge on any atom is -0.493 e. The lowest BCUT2D eigenvalue weighted by molar-refractivity contribution is 0.0946. The molecular formula is C16H18N8O5. The van der Waals surface area contributed by atoms with Crippen LogP contribution in [0.5, 0.6) is 17.2 Å². The van der Waals surface area contributed by atoms with E-state index >= 15 is 0 Å². The second-order valence-electron chi connectivity index (χ2n) is 5.53. The topological polar surface area (TPSA) is 165 Å². The molecule has 13 nitrogen and oxygen atoms in total. The Kier molecular flexibility index (Phi) is 5.57. The van der Waals surface area contributed by atoms with Crippen LogP contribution in [0.4, 0.5) is 5.82 Å². The number of nitrogens with zero attached hydrogens (tertiary/aromatic N) is 6. The number of benzene rings is 1. The summed E-state index contributed by atoms with van der Waals surface area (Å²) in [5.41, 5.74) is 9.02. The summed E-state index contributed by atoms with van der Waals surface area (Å²) < 4.78 is 21.6. The van der Waals surface area contributed by atoms with Crippen LogP contribution >= 0.6 is 0 Å². The highest BCUT2D eigenvalue weighted by atomic mass is 16.6. The van der Waals surface area contributed by atoms with Gasteiger partial charge in [-0.3, -0.25) is 4.79 Å². The van der Waals surface area contributed by atoms with Gasteiger partial charge in [0.1, 0.15) is 0 Å². The van der Waals surface area contributed by atoms with Crippen molar-refractivity contribution in [3.05, 3.63) is 29.1 Å². The third-order valence-corrected chi connectivity index (χ3v) is 3.85. The molecule has 0 saturated heterocycles. The third kappa shape index (κ3) is 3.65. The molecule has 0 radical (unpaired) electrons. The van der Waals surface area contributed by atoms with E-state index in [4.69, 9.17) is 19.9 Å². The number of nitrogens with one attached hydrogen (secondary N) is 1. The number of methoxy groups -OCH3 is 3. The molecule has 0 unspecified atom stereocenters. The lowest BCUT2D eigenvalue weighted by atomic mass is 10.2. The van der Waals surface area contributed by atoms with E-state index in [0.717, 1.165) is 4.68 Å². The molecule has 1 aromatic carbocycles. The van der Waals surface area contributed by atoms with Crippen LogP contribution in [0.1, 0.15) is 21.7 Å². The molecule has 0 aliphatic carbocycles. The molecule has 2 aromatic heterocycles. The van der Waals surface area contributed by atoms with Gasteiger partial charge in [0.25, 0.3) is 5.91 Å². The fourth-order valence-electron chi connectivity index (χ4n) is 2.54. The van der Waals surface area contributed by atoms with Crippen LogP contribution in [-0.4, -0.2) is 58.8 Å². The molecule has 0 bridgehead atoms. The Bertz CT molecular complexity index is 1060. The zero-order valence-corrected chi connectivity index (χ0v) is 16.0. The van der Waals surface area contributed by atoms with Gasteiger partial charge in [-0.05, 0) is 29.4 Å². The number of nitrogen functional groups attached to an aromatic ring is 1. The number of ether oxygens (including phenoxy) is 3. The van der Waals surface area contributed by atoms with Crippen LogP contribution in [0.3, 0.4) is 0 Å². The maximum atomic E-state index is 12.6. The number of nitrogens with two attached hydrogens (primary N) is 1. The lowest BCUT2D eigenvalue weighted by Gasteiger charge is -2.13. The summed E-state index contributed by atoms with van der Waals surface area (Å²) in [5.74, 6) is 0.705. The molecule has 0 fully saturated rings. The molecule has 3 N–H and O–H groups in total. The Morgan fingerprint density at radius 2 is 1.97 bits per heavy atom. The molecule has 29 heavy (non-hydrogen) atoms. The number of hydrogen-bond donors (Lipinski definition) is 2. The van der Waals surface area contributed by atoms with Gasteiger partial charge in [-0.2, -0.15) is 9.78 Å². The van der Waals surface area contributed by atoms with E-state index in [-0.39, 0.29) is 17.3 Å². The van der Waals surface area contributed by atoms with Gasteiger partial charge in [0, 0.05) is 5.56 Å². The summed E-state index contributed by atoms with van der Waals surface area (Å²) in [6, 6.07) is 3.39. The van der Waals surface area contributed by atoms with Crippen LogP contribution in [-0.2, 0) is 0 Å². The lowest BCUT2D eigenvalue weighted by Crippen LogP contribution is -2.22. The zero-order valence-electron chi connectivity index (χ0n) is 16.0. The van der Waals surface area contributed by atoms with Crippen molar-refractivity contribution in [2.75, 3.05) is 27.1 Å². The number of carbonyl (C=O) groups is 1. The molecule has 13 heteroatoms. The van der Waals surface area contributed by atoms with Crippen molar-refractivity contribution < 1.29 is 23.6 Å². The summed E-state index contributed by atoms with van der Waals surface area (Å²) in [5, 5.41) is 18.7. The van der Waals surface area contributed by atoms with Gasteiger partial charge in [-0.1, -0.05) is 5.21 Å². The second kappa shape index (κ2) is 8.24. The van der Waals surface area contributed by atoms with E-state index in [1.165, 1.54) is 27.5 Å². The molecule has 0 saturated carbocycles. The van der Waals surface area contributed by atoms with Gasteiger partial charge < -0.3 is 19.9 Å². The van der Waals surface area contributed by atoms with Gasteiger partial charge in [0.05, 0.1) is 33.2 Å². The number of hydrogen-bond acceptors (Lipinski definition) is 11. The number of aryl methyl sites for hydroxylation is 1. The van der Waals surface area contributed by atoms with E-state index < -0.39 is 5.91 Å². The van der Waals surface area contributed by atoms with Crippen molar-refractivity contribution in [1.82, 2.24) is 30.7 Å². The quantitative estimate of drug-likeness (QED) is 0.415. The Morgan fingerprint density at radius 3 is 2.59 bits per heavy atom. The highest BCUT2D eigenvalue weighted by Crippen LogP contribution is 2.38. The van der Waals surface area contributed by atoms with Gasteiger partial charge in [-0.25, -0.2) is 10.1 Å². The van der Waals surface area contributed by atoms with Gasteiger partial charge in [-0.15, -0.1) is 5.10 Å². The molecule has 1 amide bonds. The summed E-state index contributed by atoms with van der Waals surface area (Å²) in [6.07, 6.45) is 1.40. The zero-order chi connectivity index (χ0) is 21.0. The third-order valence-electron chi connectivity index (χ3n) is 3.85. The van der Waals surface area contributed by atoms with Crippen LogP contribution in [0.15, 0.2) is 21.9 Å². The maximum Gasteiger partial charge on any atom is 0.292 e. The molecule has 152 valence electrons. The van der Waals surface area contributed by atoms with E-state index in [9.17, 15) is 4.79 Å². The fourth-order valence-corrected chi connectivity index (χ4v) is 2.54. The van der Waals surface area contributed by atoms with Crippen molar-refractivity contribution in [2.45, 2.75) is 6.92 Å². The van der Waals surface area contributed by atoms with Crippen molar-refractivity contribution in [1.29, 1.82) is 0 Å². The number of aromatic nitrogens is 5. The maximum absolute atomic E-state index is 12.6. The summed E-state index contributed by atoms with van der Waals surface area (Å²) >= 11 is 0.